The summed E-state index contributed by atoms with van der Waals surface area (Å²) in [5.41, 5.74) is 1.16. The molecule has 1 heterocycles. The average Bonchev–Trinajstić information content (AvgIpc) is 2.82. The van der Waals surface area contributed by atoms with Crippen LogP contribution < -0.4 is 5.32 Å². The fourth-order valence-corrected chi connectivity index (χ4v) is 2.58. The van der Waals surface area contributed by atoms with E-state index in [-0.39, 0.29) is 0 Å². The van der Waals surface area contributed by atoms with E-state index in [1.165, 1.54) is 4.88 Å². The predicted octanol–water partition coefficient (Wildman–Crippen LogP) is 4.39. The molecule has 0 amide bonds. The molecule has 2 aromatic rings. The van der Waals surface area contributed by atoms with Gasteiger partial charge in [-0.2, -0.15) is 0 Å². The predicted molar refractivity (Wildman–Crippen MR) is 76.2 cm³/mol. The van der Waals surface area contributed by atoms with E-state index in [4.69, 9.17) is 23.2 Å². The fraction of sp³-hybridized carbons (Fsp3) is 0.231. The van der Waals surface area contributed by atoms with Crippen molar-refractivity contribution < 1.29 is 0 Å². The first-order valence-electron chi connectivity index (χ1n) is 5.43. The second-order valence-electron chi connectivity index (χ2n) is 3.75. The highest BCUT2D eigenvalue weighted by Gasteiger charge is 1.99. The third-order valence-corrected chi connectivity index (χ3v) is 4.12. The van der Waals surface area contributed by atoms with Crippen LogP contribution in [0.1, 0.15) is 10.4 Å². The summed E-state index contributed by atoms with van der Waals surface area (Å²) in [5, 5.41) is 6.72. The number of halogens is 2. The minimum Gasteiger partial charge on any atom is -0.312 e. The van der Waals surface area contributed by atoms with Crippen molar-refractivity contribution in [2.45, 2.75) is 13.0 Å². The van der Waals surface area contributed by atoms with Crippen molar-refractivity contribution >= 4 is 34.5 Å². The van der Waals surface area contributed by atoms with Crippen LogP contribution in [-0.2, 0) is 13.0 Å². The van der Waals surface area contributed by atoms with Gasteiger partial charge in [-0.15, -0.1) is 11.3 Å². The van der Waals surface area contributed by atoms with Gasteiger partial charge in [-0.1, -0.05) is 35.3 Å². The van der Waals surface area contributed by atoms with E-state index in [9.17, 15) is 0 Å². The molecule has 0 spiro atoms. The molecule has 1 aromatic heterocycles. The van der Waals surface area contributed by atoms with Crippen LogP contribution in [0.2, 0.25) is 10.0 Å². The first-order chi connectivity index (χ1) is 8.25. The Morgan fingerprint density at radius 3 is 2.71 bits per heavy atom. The summed E-state index contributed by atoms with van der Waals surface area (Å²) in [6.45, 7) is 1.79. The van der Waals surface area contributed by atoms with Crippen molar-refractivity contribution in [1.29, 1.82) is 0 Å². The van der Waals surface area contributed by atoms with Gasteiger partial charge >= 0.3 is 0 Å². The highest BCUT2D eigenvalue weighted by Crippen LogP contribution is 2.22. The third kappa shape index (κ3) is 4.00. The molecule has 0 saturated carbocycles. The molecule has 0 aliphatic carbocycles. The van der Waals surface area contributed by atoms with Gasteiger partial charge in [0.2, 0.25) is 0 Å². The van der Waals surface area contributed by atoms with E-state index >= 15 is 0 Å². The zero-order valence-corrected chi connectivity index (χ0v) is 11.6. The van der Waals surface area contributed by atoms with Crippen LogP contribution in [0.25, 0.3) is 0 Å². The van der Waals surface area contributed by atoms with Gasteiger partial charge in [0.25, 0.3) is 0 Å². The summed E-state index contributed by atoms with van der Waals surface area (Å²) >= 11 is 13.6. The van der Waals surface area contributed by atoms with Gasteiger partial charge in [0.15, 0.2) is 0 Å². The Balaban J connectivity index is 1.76. The normalized spacial score (nSPS) is 10.7. The number of thiophene rings is 1. The molecule has 0 bridgehead atoms. The smallest absolute Gasteiger partial charge is 0.0595 e. The summed E-state index contributed by atoms with van der Waals surface area (Å²) in [7, 11) is 0. The Morgan fingerprint density at radius 1 is 1.12 bits per heavy atom. The second kappa shape index (κ2) is 6.41. The molecule has 1 nitrogen and oxygen atoms in total. The van der Waals surface area contributed by atoms with Crippen molar-refractivity contribution in [3.8, 4) is 0 Å². The van der Waals surface area contributed by atoms with Gasteiger partial charge < -0.3 is 5.32 Å². The van der Waals surface area contributed by atoms with E-state index in [1.54, 1.807) is 11.3 Å². The summed E-state index contributed by atoms with van der Waals surface area (Å²) in [6, 6.07) is 9.97. The maximum absolute atomic E-state index is 5.95. The molecule has 90 valence electrons. The minimum atomic E-state index is 0.606. The first-order valence-corrected chi connectivity index (χ1v) is 7.06. The monoisotopic (exact) mass is 285 g/mol. The molecule has 1 aromatic carbocycles. The molecule has 2 rings (SSSR count). The second-order valence-corrected chi connectivity index (χ2v) is 5.60. The number of rotatable bonds is 5. The lowest BCUT2D eigenvalue weighted by atomic mass is 10.2. The zero-order chi connectivity index (χ0) is 12.1. The molecule has 0 aliphatic heterocycles. The molecule has 0 aliphatic rings. The van der Waals surface area contributed by atoms with Gasteiger partial charge in [-0.3, -0.25) is 0 Å². The van der Waals surface area contributed by atoms with Crippen LogP contribution >= 0.6 is 34.5 Å². The largest absolute Gasteiger partial charge is 0.312 e. The maximum atomic E-state index is 5.95. The van der Waals surface area contributed by atoms with Gasteiger partial charge in [-0.05, 0) is 35.6 Å². The van der Waals surface area contributed by atoms with Gasteiger partial charge in [-0.25, -0.2) is 0 Å². The van der Waals surface area contributed by atoms with E-state index in [0.717, 1.165) is 25.1 Å². The van der Waals surface area contributed by atoms with Crippen LogP contribution in [0, 0.1) is 0 Å². The molecule has 0 saturated heterocycles. The van der Waals surface area contributed by atoms with E-state index in [2.05, 4.69) is 22.8 Å². The molecule has 0 fully saturated rings. The van der Waals surface area contributed by atoms with Crippen LogP contribution in [0.5, 0.6) is 0 Å². The third-order valence-electron chi connectivity index (χ3n) is 2.44. The summed E-state index contributed by atoms with van der Waals surface area (Å²) < 4.78 is 0. The number of nitrogens with one attached hydrogen (secondary N) is 1. The zero-order valence-electron chi connectivity index (χ0n) is 9.25. The van der Waals surface area contributed by atoms with Crippen LogP contribution in [-0.4, -0.2) is 6.54 Å². The van der Waals surface area contributed by atoms with Gasteiger partial charge in [0.1, 0.15) is 0 Å². The van der Waals surface area contributed by atoms with Crippen molar-refractivity contribution in [1.82, 2.24) is 5.32 Å². The summed E-state index contributed by atoms with van der Waals surface area (Å²) in [4.78, 5) is 1.41. The molecular weight excluding hydrogens is 273 g/mol. The molecule has 1 N–H and O–H groups in total. The highest BCUT2D eigenvalue weighted by molar-refractivity contribution is 7.09. The first kappa shape index (κ1) is 12.9. The summed E-state index contributed by atoms with van der Waals surface area (Å²) in [5.74, 6) is 0. The van der Waals surface area contributed by atoms with Crippen LogP contribution in [0.15, 0.2) is 35.7 Å². The maximum Gasteiger partial charge on any atom is 0.0595 e. The molecule has 17 heavy (non-hydrogen) atoms. The number of hydrogen-bond acceptors (Lipinski definition) is 2. The topological polar surface area (TPSA) is 12.0 Å². The average molecular weight is 286 g/mol. The van der Waals surface area contributed by atoms with Crippen molar-refractivity contribution in [3.05, 3.63) is 56.2 Å². The molecule has 0 radical (unpaired) electrons. The number of hydrogen-bond donors (Lipinski definition) is 1. The Bertz CT molecular complexity index is 468. The Hall–Kier alpha value is -0.540. The van der Waals surface area contributed by atoms with Crippen molar-refractivity contribution in [2.24, 2.45) is 0 Å². The minimum absolute atomic E-state index is 0.606. The molecule has 0 unspecified atom stereocenters. The lowest BCUT2D eigenvalue weighted by Crippen LogP contribution is -2.16. The quantitative estimate of drug-likeness (QED) is 0.804. The molecular formula is C13H13Cl2NS. The Labute approximate surface area is 115 Å². The standard InChI is InChI=1S/C13H13Cl2NS/c14-12-4-3-10(8-13(12)15)9-16-6-5-11-2-1-7-17-11/h1-4,7-8,16H,5-6,9H2. The molecule has 0 atom stereocenters. The lowest BCUT2D eigenvalue weighted by molar-refractivity contribution is 0.691. The Kier molecular flexibility index (Phi) is 4.86. The van der Waals surface area contributed by atoms with E-state index < -0.39 is 0 Å². The van der Waals surface area contributed by atoms with Crippen molar-refractivity contribution in [3.63, 3.8) is 0 Å². The number of benzene rings is 1. The van der Waals surface area contributed by atoms with Gasteiger partial charge in [0, 0.05) is 18.0 Å². The van der Waals surface area contributed by atoms with Gasteiger partial charge in [0.05, 0.1) is 10.0 Å². The lowest BCUT2D eigenvalue weighted by Gasteiger charge is -2.05. The van der Waals surface area contributed by atoms with E-state index in [0.29, 0.717) is 10.0 Å². The van der Waals surface area contributed by atoms with Crippen molar-refractivity contribution in [2.75, 3.05) is 6.54 Å². The van der Waals surface area contributed by atoms with E-state index in [1.807, 2.05) is 18.2 Å². The van der Waals surface area contributed by atoms with Crippen LogP contribution in [0.4, 0.5) is 0 Å². The summed E-state index contributed by atoms with van der Waals surface area (Å²) in [6.07, 6.45) is 1.07. The SMILES string of the molecule is Clc1ccc(CNCCc2cccs2)cc1Cl. The molecule has 4 heteroatoms. The Morgan fingerprint density at radius 2 is 2.00 bits per heavy atom. The fourth-order valence-electron chi connectivity index (χ4n) is 1.55. The highest BCUT2D eigenvalue weighted by atomic mass is 35.5. The van der Waals surface area contributed by atoms with Crippen LogP contribution in [0.3, 0.4) is 0 Å².